The van der Waals surface area contributed by atoms with Gasteiger partial charge < -0.3 is 4.57 Å². The maximum Gasteiger partial charge on any atom is 0.0495 e. The molecule has 0 aliphatic heterocycles. The minimum atomic E-state index is 1.02. The van der Waals surface area contributed by atoms with Crippen molar-refractivity contribution in [3.8, 4) is 11.1 Å². The molecular formula is C20H17NS. The molecule has 0 spiro atoms. The molecule has 0 atom stereocenters. The fourth-order valence-electron chi connectivity index (χ4n) is 3.30. The minimum absolute atomic E-state index is 1.02. The highest BCUT2D eigenvalue weighted by molar-refractivity contribution is 7.80. The number of nitrogens with zero attached hydrogens (tertiary/aromatic N) is 1. The minimum Gasteiger partial charge on any atom is -0.344 e. The van der Waals surface area contributed by atoms with Crippen molar-refractivity contribution < 1.29 is 0 Å². The van der Waals surface area contributed by atoms with Crippen LogP contribution in [0, 0.1) is 6.92 Å². The lowest BCUT2D eigenvalue weighted by atomic mass is 9.98. The van der Waals surface area contributed by atoms with E-state index in [0.29, 0.717) is 0 Å². The van der Waals surface area contributed by atoms with Crippen LogP contribution in [-0.2, 0) is 7.05 Å². The zero-order valence-corrected chi connectivity index (χ0v) is 13.6. The van der Waals surface area contributed by atoms with Gasteiger partial charge in [-0.2, -0.15) is 0 Å². The Morgan fingerprint density at radius 1 is 0.773 bits per heavy atom. The predicted octanol–water partition coefficient (Wildman–Crippen LogP) is 5.60. The van der Waals surface area contributed by atoms with Gasteiger partial charge in [-0.05, 0) is 47.9 Å². The zero-order valence-electron chi connectivity index (χ0n) is 12.7. The van der Waals surface area contributed by atoms with Gasteiger partial charge in [-0.25, -0.2) is 0 Å². The van der Waals surface area contributed by atoms with Crippen LogP contribution in [-0.4, -0.2) is 4.57 Å². The summed E-state index contributed by atoms with van der Waals surface area (Å²) in [6.45, 7) is 2.18. The van der Waals surface area contributed by atoms with E-state index in [1.165, 1.54) is 38.5 Å². The summed E-state index contributed by atoms with van der Waals surface area (Å²) in [5.74, 6) is 0. The van der Waals surface area contributed by atoms with Crippen LogP contribution in [0.3, 0.4) is 0 Å². The number of aryl methyl sites for hydroxylation is 2. The van der Waals surface area contributed by atoms with Gasteiger partial charge in [0, 0.05) is 33.7 Å². The number of hydrogen-bond donors (Lipinski definition) is 1. The van der Waals surface area contributed by atoms with E-state index in [2.05, 4.69) is 79.7 Å². The number of para-hydroxylation sites is 1. The molecule has 1 nitrogen and oxygen atoms in total. The van der Waals surface area contributed by atoms with Crippen molar-refractivity contribution in [3.05, 3.63) is 66.2 Å². The molecule has 0 fully saturated rings. The molecular weight excluding hydrogens is 286 g/mol. The van der Waals surface area contributed by atoms with Gasteiger partial charge >= 0.3 is 0 Å². The Morgan fingerprint density at radius 3 is 2.32 bits per heavy atom. The van der Waals surface area contributed by atoms with Gasteiger partial charge in [-0.1, -0.05) is 36.4 Å². The van der Waals surface area contributed by atoms with Gasteiger partial charge in [0.2, 0.25) is 0 Å². The summed E-state index contributed by atoms with van der Waals surface area (Å²) in [5.41, 5.74) is 6.26. The third kappa shape index (κ3) is 1.87. The van der Waals surface area contributed by atoms with E-state index in [4.69, 9.17) is 0 Å². The van der Waals surface area contributed by atoms with E-state index in [9.17, 15) is 0 Å². The molecule has 4 rings (SSSR count). The van der Waals surface area contributed by atoms with E-state index >= 15 is 0 Å². The molecule has 0 radical (unpaired) electrons. The SMILES string of the molecule is Cc1cc2c3ccccc3n(C)c2cc1-c1ccccc1S. The molecule has 0 saturated heterocycles. The van der Waals surface area contributed by atoms with Crippen LogP contribution in [0.25, 0.3) is 32.9 Å². The highest BCUT2D eigenvalue weighted by atomic mass is 32.1. The molecule has 3 aromatic carbocycles. The summed E-state index contributed by atoms with van der Waals surface area (Å²) in [6.07, 6.45) is 0. The zero-order chi connectivity index (χ0) is 15.3. The Morgan fingerprint density at radius 2 is 1.50 bits per heavy atom. The van der Waals surface area contributed by atoms with Gasteiger partial charge in [0.1, 0.15) is 0 Å². The predicted molar refractivity (Wildman–Crippen MR) is 97.9 cm³/mol. The van der Waals surface area contributed by atoms with Gasteiger partial charge in [0.25, 0.3) is 0 Å². The van der Waals surface area contributed by atoms with E-state index in [1.807, 2.05) is 12.1 Å². The molecule has 108 valence electrons. The van der Waals surface area contributed by atoms with Crippen LogP contribution < -0.4 is 0 Å². The van der Waals surface area contributed by atoms with Crippen LogP contribution in [0.2, 0.25) is 0 Å². The number of aromatic nitrogens is 1. The highest BCUT2D eigenvalue weighted by Crippen LogP contribution is 2.35. The first-order valence-electron chi connectivity index (χ1n) is 7.43. The number of benzene rings is 3. The van der Waals surface area contributed by atoms with Crippen LogP contribution in [0.5, 0.6) is 0 Å². The van der Waals surface area contributed by atoms with Crippen molar-refractivity contribution in [1.82, 2.24) is 4.57 Å². The quantitative estimate of drug-likeness (QED) is 0.437. The molecule has 0 amide bonds. The highest BCUT2D eigenvalue weighted by Gasteiger charge is 2.12. The molecule has 1 heterocycles. The lowest BCUT2D eigenvalue weighted by molar-refractivity contribution is 1.01. The molecule has 0 unspecified atom stereocenters. The molecule has 0 aliphatic rings. The average molecular weight is 303 g/mol. The molecule has 4 aromatic rings. The van der Waals surface area contributed by atoms with Gasteiger partial charge in [-0.15, -0.1) is 12.6 Å². The fraction of sp³-hybridized carbons (Fsp3) is 0.100. The Kier molecular flexibility index (Phi) is 3.02. The third-order valence-corrected chi connectivity index (χ3v) is 4.84. The second-order valence-corrected chi connectivity index (χ2v) is 6.26. The van der Waals surface area contributed by atoms with E-state index in [1.54, 1.807) is 0 Å². The molecule has 0 aliphatic carbocycles. The van der Waals surface area contributed by atoms with Crippen LogP contribution in [0.1, 0.15) is 5.56 Å². The summed E-state index contributed by atoms with van der Waals surface area (Å²) < 4.78 is 2.27. The maximum atomic E-state index is 4.62. The van der Waals surface area contributed by atoms with Gasteiger partial charge in [-0.3, -0.25) is 0 Å². The number of rotatable bonds is 1. The number of hydrogen-bond acceptors (Lipinski definition) is 1. The van der Waals surface area contributed by atoms with Crippen LogP contribution in [0.4, 0.5) is 0 Å². The van der Waals surface area contributed by atoms with Crippen molar-refractivity contribution in [2.75, 3.05) is 0 Å². The maximum absolute atomic E-state index is 4.62. The Labute approximate surface area is 135 Å². The third-order valence-electron chi connectivity index (χ3n) is 4.45. The molecule has 22 heavy (non-hydrogen) atoms. The Bertz CT molecular complexity index is 1010. The molecule has 0 bridgehead atoms. The average Bonchev–Trinajstić information content (AvgIpc) is 2.80. The normalized spacial score (nSPS) is 11.4. The van der Waals surface area contributed by atoms with Crippen molar-refractivity contribution in [2.24, 2.45) is 7.05 Å². The summed E-state index contributed by atoms with van der Waals surface area (Å²) in [7, 11) is 2.14. The van der Waals surface area contributed by atoms with Gasteiger partial charge in [0.05, 0.1) is 0 Å². The molecule has 1 aromatic heterocycles. The van der Waals surface area contributed by atoms with Crippen molar-refractivity contribution in [1.29, 1.82) is 0 Å². The van der Waals surface area contributed by atoms with Crippen molar-refractivity contribution in [3.63, 3.8) is 0 Å². The fourth-order valence-corrected chi connectivity index (χ4v) is 3.59. The summed E-state index contributed by atoms with van der Waals surface area (Å²) in [4.78, 5) is 1.02. The summed E-state index contributed by atoms with van der Waals surface area (Å²) in [5, 5.41) is 2.63. The molecule has 0 saturated carbocycles. The lowest BCUT2D eigenvalue weighted by Gasteiger charge is -2.10. The Hall–Kier alpha value is -2.19. The standard InChI is InChI=1S/C20H17NS/c1-13-11-17-14-7-3-5-9-18(14)21(2)19(17)12-16(13)15-8-4-6-10-20(15)22/h3-12,22H,1-2H3. The first-order chi connectivity index (χ1) is 10.7. The summed E-state index contributed by atoms with van der Waals surface area (Å²) >= 11 is 4.62. The second kappa shape index (κ2) is 4.92. The topological polar surface area (TPSA) is 4.93 Å². The summed E-state index contributed by atoms with van der Waals surface area (Å²) in [6, 6.07) is 21.4. The molecule has 2 heteroatoms. The van der Waals surface area contributed by atoms with Crippen LogP contribution >= 0.6 is 12.6 Å². The Balaban J connectivity index is 2.11. The van der Waals surface area contributed by atoms with Crippen LogP contribution in [0.15, 0.2) is 65.6 Å². The van der Waals surface area contributed by atoms with E-state index in [0.717, 1.165) is 4.90 Å². The second-order valence-electron chi connectivity index (χ2n) is 5.78. The first-order valence-corrected chi connectivity index (χ1v) is 7.87. The van der Waals surface area contributed by atoms with Crippen molar-refractivity contribution in [2.45, 2.75) is 11.8 Å². The molecule has 0 N–H and O–H groups in total. The largest absolute Gasteiger partial charge is 0.344 e. The monoisotopic (exact) mass is 303 g/mol. The first kappa shape index (κ1) is 13.5. The van der Waals surface area contributed by atoms with E-state index in [-0.39, 0.29) is 0 Å². The van der Waals surface area contributed by atoms with Crippen molar-refractivity contribution >= 4 is 34.4 Å². The smallest absolute Gasteiger partial charge is 0.0495 e. The van der Waals surface area contributed by atoms with Gasteiger partial charge in [0.15, 0.2) is 0 Å². The lowest BCUT2D eigenvalue weighted by Crippen LogP contribution is -1.89. The number of thiol groups is 1. The van der Waals surface area contributed by atoms with E-state index < -0.39 is 0 Å². The number of fused-ring (bicyclic) bond motifs is 3.